The maximum Gasteiger partial charge on any atom is 0.188 e. The molecule has 5 heteroatoms. The van der Waals surface area contributed by atoms with Crippen LogP contribution in [-0.4, -0.2) is 16.2 Å². The van der Waals surface area contributed by atoms with Gasteiger partial charge in [0.15, 0.2) is 5.76 Å². The molecule has 0 aliphatic heterocycles. The topological polar surface area (TPSA) is 51.0 Å². The van der Waals surface area contributed by atoms with Gasteiger partial charge in [-0.25, -0.2) is 9.37 Å². The highest BCUT2D eigenvalue weighted by molar-refractivity contribution is 5.56. The van der Waals surface area contributed by atoms with Gasteiger partial charge in [-0.2, -0.15) is 0 Å². The van der Waals surface area contributed by atoms with Crippen LogP contribution >= 0.6 is 0 Å². The molecule has 2 aromatic heterocycles. The van der Waals surface area contributed by atoms with Gasteiger partial charge in [0.2, 0.25) is 0 Å². The Morgan fingerprint density at radius 2 is 2.17 bits per heavy atom. The van der Waals surface area contributed by atoms with Crippen molar-refractivity contribution in [3.8, 4) is 11.5 Å². The summed E-state index contributed by atoms with van der Waals surface area (Å²) in [6, 6.07) is 3.33. The van der Waals surface area contributed by atoms with E-state index in [2.05, 4.69) is 29.3 Å². The fourth-order valence-corrected chi connectivity index (χ4v) is 1.58. The molecule has 0 saturated heterocycles. The summed E-state index contributed by atoms with van der Waals surface area (Å²) in [6.45, 7) is 6.71. The zero-order valence-electron chi connectivity index (χ0n) is 10.7. The third-order valence-corrected chi connectivity index (χ3v) is 2.66. The van der Waals surface area contributed by atoms with Gasteiger partial charge >= 0.3 is 0 Å². The Kier molecular flexibility index (Phi) is 3.72. The first-order valence-electron chi connectivity index (χ1n) is 5.88. The molecule has 0 atom stereocenters. The summed E-state index contributed by atoms with van der Waals surface area (Å²) in [5.74, 6) is 0.230. The van der Waals surface area contributed by atoms with Crippen molar-refractivity contribution in [3.63, 3.8) is 0 Å². The Hall–Kier alpha value is -1.75. The molecule has 18 heavy (non-hydrogen) atoms. The van der Waals surface area contributed by atoms with Crippen LogP contribution in [0.15, 0.2) is 22.9 Å². The third kappa shape index (κ3) is 2.73. The number of hydrogen-bond donors (Lipinski definition) is 1. The molecule has 0 unspecified atom stereocenters. The summed E-state index contributed by atoms with van der Waals surface area (Å²) < 4.78 is 18.1. The molecular formula is C13H16FN3O. The van der Waals surface area contributed by atoms with Crippen LogP contribution in [0.5, 0.6) is 0 Å². The van der Waals surface area contributed by atoms with Crippen molar-refractivity contribution >= 4 is 0 Å². The molecule has 0 saturated carbocycles. The molecule has 2 aromatic rings. The maximum atomic E-state index is 12.8. The van der Waals surface area contributed by atoms with Gasteiger partial charge in [0.25, 0.3) is 0 Å². The summed E-state index contributed by atoms with van der Waals surface area (Å²) in [5, 5.41) is 7.29. The van der Waals surface area contributed by atoms with Crippen molar-refractivity contribution in [2.45, 2.75) is 33.4 Å². The molecule has 0 aliphatic carbocycles. The molecule has 0 bridgehead atoms. The summed E-state index contributed by atoms with van der Waals surface area (Å²) in [6.07, 6.45) is 1.17. The van der Waals surface area contributed by atoms with Crippen LogP contribution in [0.3, 0.4) is 0 Å². The van der Waals surface area contributed by atoms with Gasteiger partial charge in [0.05, 0.1) is 6.20 Å². The lowest BCUT2D eigenvalue weighted by Gasteiger charge is -2.05. The molecule has 0 aliphatic rings. The number of aromatic nitrogens is 2. The number of hydrogen-bond acceptors (Lipinski definition) is 4. The smallest absolute Gasteiger partial charge is 0.188 e. The number of nitrogens with one attached hydrogen (secondary N) is 1. The van der Waals surface area contributed by atoms with Crippen molar-refractivity contribution in [2.75, 3.05) is 0 Å². The van der Waals surface area contributed by atoms with Crippen molar-refractivity contribution in [3.05, 3.63) is 35.4 Å². The van der Waals surface area contributed by atoms with Gasteiger partial charge in [-0.05, 0) is 19.1 Å². The van der Waals surface area contributed by atoms with E-state index in [1.807, 2.05) is 6.92 Å². The first-order chi connectivity index (χ1) is 8.58. The summed E-state index contributed by atoms with van der Waals surface area (Å²) in [4.78, 5) is 3.99. The van der Waals surface area contributed by atoms with E-state index < -0.39 is 0 Å². The molecule has 2 heterocycles. The summed E-state index contributed by atoms with van der Waals surface area (Å²) >= 11 is 0. The molecule has 2 rings (SSSR count). The zero-order chi connectivity index (χ0) is 13.1. The van der Waals surface area contributed by atoms with Gasteiger partial charge in [0.1, 0.15) is 17.2 Å². The Labute approximate surface area is 105 Å². The normalized spacial score (nSPS) is 11.2. The van der Waals surface area contributed by atoms with E-state index in [9.17, 15) is 4.39 Å². The minimum absolute atomic E-state index is 0.363. The molecule has 4 nitrogen and oxygen atoms in total. The SMILES string of the molecule is Cc1c(CNC(C)C)noc1-c1ccc(F)cn1. The first kappa shape index (κ1) is 12.7. The fourth-order valence-electron chi connectivity index (χ4n) is 1.58. The largest absolute Gasteiger partial charge is 0.354 e. The minimum atomic E-state index is -0.363. The van der Waals surface area contributed by atoms with Crippen LogP contribution in [0.1, 0.15) is 25.1 Å². The van der Waals surface area contributed by atoms with Crippen molar-refractivity contribution in [1.82, 2.24) is 15.5 Å². The highest BCUT2D eigenvalue weighted by atomic mass is 19.1. The summed E-state index contributed by atoms with van der Waals surface area (Å²) in [7, 11) is 0. The van der Waals surface area contributed by atoms with E-state index in [4.69, 9.17) is 4.52 Å². The van der Waals surface area contributed by atoms with Crippen molar-refractivity contribution in [2.24, 2.45) is 0 Å². The second-order valence-corrected chi connectivity index (χ2v) is 4.48. The lowest BCUT2D eigenvalue weighted by Crippen LogP contribution is -2.22. The minimum Gasteiger partial charge on any atom is -0.354 e. The number of pyridine rings is 1. The predicted molar refractivity (Wildman–Crippen MR) is 66.4 cm³/mol. The molecule has 96 valence electrons. The van der Waals surface area contributed by atoms with E-state index in [1.54, 1.807) is 6.07 Å². The van der Waals surface area contributed by atoms with Crippen LogP contribution in [0.2, 0.25) is 0 Å². The standard InChI is InChI=1S/C13H16FN3O/c1-8(2)15-7-12-9(3)13(18-17-12)11-5-4-10(14)6-16-11/h4-6,8,15H,7H2,1-3H3. The Morgan fingerprint density at radius 1 is 1.39 bits per heavy atom. The summed E-state index contributed by atoms with van der Waals surface area (Å²) in [5.41, 5.74) is 2.38. The fraction of sp³-hybridized carbons (Fsp3) is 0.385. The third-order valence-electron chi connectivity index (χ3n) is 2.66. The molecule has 0 radical (unpaired) electrons. The molecule has 0 spiro atoms. The van der Waals surface area contributed by atoms with Crippen molar-refractivity contribution < 1.29 is 8.91 Å². The molecule has 0 amide bonds. The van der Waals surface area contributed by atoms with E-state index in [0.717, 1.165) is 11.3 Å². The van der Waals surface area contributed by atoms with Crippen LogP contribution in [0, 0.1) is 12.7 Å². The van der Waals surface area contributed by atoms with E-state index >= 15 is 0 Å². The van der Waals surface area contributed by atoms with Crippen LogP contribution in [-0.2, 0) is 6.54 Å². The lowest BCUT2D eigenvalue weighted by atomic mass is 10.1. The average Bonchev–Trinajstić information content (AvgIpc) is 2.69. The second-order valence-electron chi connectivity index (χ2n) is 4.48. The monoisotopic (exact) mass is 249 g/mol. The number of halogens is 1. The highest BCUT2D eigenvalue weighted by Crippen LogP contribution is 2.23. The van der Waals surface area contributed by atoms with Gasteiger partial charge in [-0.1, -0.05) is 19.0 Å². The molecule has 0 fully saturated rings. The van der Waals surface area contributed by atoms with E-state index in [1.165, 1.54) is 12.3 Å². The molecule has 1 N–H and O–H groups in total. The Morgan fingerprint density at radius 3 is 2.78 bits per heavy atom. The van der Waals surface area contributed by atoms with Crippen LogP contribution in [0.25, 0.3) is 11.5 Å². The highest BCUT2D eigenvalue weighted by Gasteiger charge is 2.14. The Balaban J connectivity index is 2.22. The van der Waals surface area contributed by atoms with Gasteiger partial charge in [-0.3, -0.25) is 0 Å². The number of nitrogens with zero attached hydrogens (tertiary/aromatic N) is 2. The molecular weight excluding hydrogens is 233 g/mol. The molecule has 0 aromatic carbocycles. The number of rotatable bonds is 4. The maximum absolute atomic E-state index is 12.8. The van der Waals surface area contributed by atoms with Gasteiger partial charge < -0.3 is 9.84 Å². The van der Waals surface area contributed by atoms with Gasteiger partial charge in [-0.15, -0.1) is 0 Å². The average molecular weight is 249 g/mol. The van der Waals surface area contributed by atoms with Crippen LogP contribution < -0.4 is 5.32 Å². The Bertz CT molecular complexity index is 520. The van der Waals surface area contributed by atoms with E-state index in [0.29, 0.717) is 24.0 Å². The quantitative estimate of drug-likeness (QED) is 0.905. The lowest BCUT2D eigenvalue weighted by molar-refractivity contribution is 0.416. The van der Waals surface area contributed by atoms with Crippen LogP contribution in [0.4, 0.5) is 4.39 Å². The first-order valence-corrected chi connectivity index (χ1v) is 5.88. The van der Waals surface area contributed by atoms with E-state index in [-0.39, 0.29) is 5.82 Å². The van der Waals surface area contributed by atoms with Crippen molar-refractivity contribution in [1.29, 1.82) is 0 Å². The zero-order valence-corrected chi connectivity index (χ0v) is 10.7. The predicted octanol–water partition coefficient (Wildman–Crippen LogP) is 2.68. The van der Waals surface area contributed by atoms with Gasteiger partial charge in [0, 0.05) is 18.2 Å². The second kappa shape index (κ2) is 5.27.